The highest BCUT2D eigenvalue weighted by Crippen LogP contribution is 2.09. The molecule has 0 saturated carbocycles. The predicted molar refractivity (Wildman–Crippen MR) is 68.9 cm³/mol. The van der Waals surface area contributed by atoms with Crippen molar-refractivity contribution in [2.24, 2.45) is 0 Å². The molecule has 16 heavy (non-hydrogen) atoms. The van der Waals surface area contributed by atoms with Gasteiger partial charge in [-0.05, 0) is 22.0 Å². The molecule has 0 aliphatic carbocycles. The van der Waals surface area contributed by atoms with Crippen molar-refractivity contribution in [2.45, 2.75) is 4.83 Å². The van der Waals surface area contributed by atoms with Crippen LogP contribution in [0.3, 0.4) is 0 Å². The molecule has 0 spiro atoms. The minimum Gasteiger partial charge on any atom is -0.383 e. The minimum atomic E-state index is -0.144. The number of amides is 1. The van der Waals surface area contributed by atoms with Crippen LogP contribution in [0.25, 0.3) is 0 Å². The van der Waals surface area contributed by atoms with E-state index in [2.05, 4.69) is 42.2 Å². The zero-order chi connectivity index (χ0) is 12.0. The van der Waals surface area contributed by atoms with E-state index in [4.69, 9.17) is 4.74 Å². The molecular formula is C10H12Br2N2O2. The molecule has 0 aliphatic heterocycles. The Labute approximate surface area is 111 Å². The van der Waals surface area contributed by atoms with E-state index in [0.29, 0.717) is 18.7 Å². The van der Waals surface area contributed by atoms with E-state index >= 15 is 0 Å². The fourth-order valence-electron chi connectivity index (χ4n) is 1.08. The van der Waals surface area contributed by atoms with Crippen molar-refractivity contribution in [2.75, 3.05) is 20.3 Å². The van der Waals surface area contributed by atoms with Gasteiger partial charge < -0.3 is 10.1 Å². The molecule has 1 aromatic heterocycles. The van der Waals surface area contributed by atoms with E-state index in [1.54, 1.807) is 19.4 Å². The van der Waals surface area contributed by atoms with Crippen molar-refractivity contribution in [3.63, 3.8) is 0 Å². The lowest BCUT2D eigenvalue weighted by Crippen LogP contribution is -2.31. The molecule has 0 bridgehead atoms. The zero-order valence-corrected chi connectivity index (χ0v) is 11.9. The number of rotatable bonds is 5. The van der Waals surface area contributed by atoms with E-state index in [0.717, 1.165) is 4.47 Å². The average molecular weight is 352 g/mol. The summed E-state index contributed by atoms with van der Waals surface area (Å²) in [5, 5.41) is 2.78. The largest absolute Gasteiger partial charge is 0.383 e. The van der Waals surface area contributed by atoms with Crippen molar-refractivity contribution >= 4 is 37.8 Å². The van der Waals surface area contributed by atoms with Gasteiger partial charge in [-0.2, -0.15) is 0 Å². The molecule has 6 heteroatoms. The van der Waals surface area contributed by atoms with Crippen molar-refractivity contribution in [3.05, 3.63) is 28.5 Å². The number of nitrogens with zero attached hydrogens (tertiary/aromatic N) is 1. The molecule has 1 rings (SSSR count). The van der Waals surface area contributed by atoms with Gasteiger partial charge in [-0.1, -0.05) is 15.9 Å². The molecule has 0 fully saturated rings. The zero-order valence-electron chi connectivity index (χ0n) is 8.74. The molecule has 1 unspecified atom stereocenters. The van der Waals surface area contributed by atoms with Crippen LogP contribution < -0.4 is 5.32 Å². The van der Waals surface area contributed by atoms with Gasteiger partial charge in [-0.25, -0.2) is 0 Å². The molecule has 1 atom stereocenters. The maximum absolute atomic E-state index is 11.7. The van der Waals surface area contributed by atoms with E-state index in [-0.39, 0.29) is 10.7 Å². The van der Waals surface area contributed by atoms with Crippen LogP contribution in [-0.2, 0) is 4.74 Å². The number of methoxy groups -OCH3 is 1. The Hall–Kier alpha value is -0.460. The first-order chi connectivity index (χ1) is 7.63. The number of ether oxygens (including phenoxy) is 1. The first-order valence-electron chi connectivity index (χ1n) is 4.65. The summed E-state index contributed by atoms with van der Waals surface area (Å²) in [5.74, 6) is -0.144. The van der Waals surface area contributed by atoms with Crippen molar-refractivity contribution in [1.82, 2.24) is 10.3 Å². The number of hydrogen-bond donors (Lipinski definition) is 1. The first-order valence-corrected chi connectivity index (χ1v) is 6.36. The average Bonchev–Trinajstić information content (AvgIpc) is 2.26. The standard InChI is InChI=1S/C10H12Br2N2O2/c1-16-6-9(12)5-14-10(15)7-2-8(11)4-13-3-7/h2-4,9H,5-6H2,1H3,(H,14,15). The Balaban J connectivity index is 2.47. The molecule has 0 radical (unpaired) electrons. The monoisotopic (exact) mass is 350 g/mol. The van der Waals surface area contributed by atoms with Crippen molar-refractivity contribution in [3.8, 4) is 0 Å². The van der Waals surface area contributed by atoms with Crippen LogP contribution in [0.15, 0.2) is 22.9 Å². The summed E-state index contributed by atoms with van der Waals surface area (Å²) in [6.45, 7) is 1.07. The predicted octanol–water partition coefficient (Wildman–Crippen LogP) is 1.98. The second kappa shape index (κ2) is 6.98. The number of pyridine rings is 1. The summed E-state index contributed by atoms with van der Waals surface area (Å²) in [7, 11) is 1.62. The molecule has 0 saturated heterocycles. The smallest absolute Gasteiger partial charge is 0.252 e. The van der Waals surface area contributed by atoms with Crippen LogP contribution in [0.5, 0.6) is 0 Å². The summed E-state index contributed by atoms with van der Waals surface area (Å²) >= 11 is 6.65. The van der Waals surface area contributed by atoms with E-state index in [1.165, 1.54) is 6.20 Å². The van der Waals surface area contributed by atoms with Crippen molar-refractivity contribution < 1.29 is 9.53 Å². The minimum absolute atomic E-state index is 0.113. The van der Waals surface area contributed by atoms with Crippen LogP contribution >= 0.6 is 31.9 Å². The van der Waals surface area contributed by atoms with Gasteiger partial charge in [0.25, 0.3) is 5.91 Å². The molecule has 88 valence electrons. The summed E-state index contributed by atoms with van der Waals surface area (Å²) in [4.78, 5) is 15.7. The highest BCUT2D eigenvalue weighted by atomic mass is 79.9. The lowest BCUT2D eigenvalue weighted by atomic mass is 10.2. The number of carbonyl (C=O) groups excluding carboxylic acids is 1. The van der Waals surface area contributed by atoms with E-state index in [9.17, 15) is 4.79 Å². The molecule has 1 heterocycles. The third kappa shape index (κ3) is 4.59. The topological polar surface area (TPSA) is 51.2 Å². The van der Waals surface area contributed by atoms with Crippen LogP contribution in [0.4, 0.5) is 0 Å². The Kier molecular flexibility index (Phi) is 5.94. The van der Waals surface area contributed by atoms with Gasteiger partial charge in [-0.3, -0.25) is 9.78 Å². The van der Waals surface area contributed by atoms with Gasteiger partial charge in [-0.15, -0.1) is 0 Å². The van der Waals surface area contributed by atoms with Crippen LogP contribution in [0, 0.1) is 0 Å². The molecule has 1 aromatic rings. The van der Waals surface area contributed by atoms with Crippen LogP contribution in [0.1, 0.15) is 10.4 Å². The maximum Gasteiger partial charge on any atom is 0.252 e. The van der Waals surface area contributed by atoms with Gasteiger partial charge in [0.15, 0.2) is 0 Å². The molecule has 1 N–H and O–H groups in total. The summed E-state index contributed by atoms with van der Waals surface area (Å²) in [6.07, 6.45) is 3.16. The Morgan fingerprint density at radius 2 is 2.38 bits per heavy atom. The summed E-state index contributed by atoms with van der Waals surface area (Å²) in [6, 6.07) is 1.72. The lowest BCUT2D eigenvalue weighted by molar-refractivity contribution is 0.0949. The number of carbonyl (C=O) groups is 1. The Morgan fingerprint density at radius 3 is 3.00 bits per heavy atom. The third-order valence-corrected chi connectivity index (χ3v) is 2.82. The van der Waals surface area contributed by atoms with Gasteiger partial charge in [0.05, 0.1) is 17.0 Å². The number of nitrogens with one attached hydrogen (secondary N) is 1. The number of halogens is 2. The Bertz CT molecular complexity index is 360. The second-order valence-electron chi connectivity index (χ2n) is 3.15. The van der Waals surface area contributed by atoms with Crippen molar-refractivity contribution in [1.29, 1.82) is 0 Å². The Morgan fingerprint density at radius 1 is 1.62 bits per heavy atom. The third-order valence-electron chi connectivity index (χ3n) is 1.80. The quantitative estimate of drug-likeness (QED) is 0.825. The second-order valence-corrected chi connectivity index (χ2v) is 5.37. The maximum atomic E-state index is 11.7. The molecule has 0 aliphatic rings. The van der Waals surface area contributed by atoms with Gasteiger partial charge in [0.1, 0.15) is 0 Å². The SMILES string of the molecule is COCC(Br)CNC(=O)c1cncc(Br)c1. The highest BCUT2D eigenvalue weighted by molar-refractivity contribution is 9.10. The van der Waals surface area contributed by atoms with Gasteiger partial charge >= 0.3 is 0 Å². The fraction of sp³-hybridized carbons (Fsp3) is 0.400. The van der Waals surface area contributed by atoms with Crippen LogP contribution in [0.2, 0.25) is 0 Å². The molecule has 1 amide bonds. The highest BCUT2D eigenvalue weighted by Gasteiger charge is 2.09. The first kappa shape index (κ1) is 13.6. The van der Waals surface area contributed by atoms with Crippen LogP contribution in [-0.4, -0.2) is 36.0 Å². The number of aromatic nitrogens is 1. The normalized spacial score (nSPS) is 12.2. The van der Waals surface area contributed by atoms with Gasteiger partial charge in [0.2, 0.25) is 0 Å². The number of hydrogen-bond acceptors (Lipinski definition) is 3. The molecular weight excluding hydrogens is 340 g/mol. The summed E-state index contributed by atoms with van der Waals surface area (Å²) in [5.41, 5.74) is 0.534. The molecule has 0 aromatic carbocycles. The van der Waals surface area contributed by atoms with E-state index < -0.39 is 0 Å². The molecule has 4 nitrogen and oxygen atoms in total. The fourth-order valence-corrected chi connectivity index (χ4v) is 1.87. The van der Waals surface area contributed by atoms with E-state index in [1.807, 2.05) is 0 Å². The number of alkyl halides is 1. The summed E-state index contributed by atoms with van der Waals surface area (Å²) < 4.78 is 5.73. The van der Waals surface area contributed by atoms with Gasteiger partial charge in [0, 0.05) is 30.5 Å². The lowest BCUT2D eigenvalue weighted by Gasteiger charge is -2.09.